The molecule has 102 valence electrons. The highest BCUT2D eigenvalue weighted by Crippen LogP contribution is 2.41. The van der Waals surface area contributed by atoms with E-state index in [1.165, 1.54) is 4.90 Å². The first-order chi connectivity index (χ1) is 9.07. The number of para-hydroxylation sites is 1. The maximum absolute atomic E-state index is 12.4. The number of amides is 1. The van der Waals surface area contributed by atoms with E-state index >= 15 is 0 Å². The summed E-state index contributed by atoms with van der Waals surface area (Å²) in [6, 6.07) is 9.09. The zero-order chi connectivity index (χ0) is 13.5. The minimum absolute atomic E-state index is 0.312. The van der Waals surface area contributed by atoms with Gasteiger partial charge < -0.3 is 5.32 Å². The number of nitrogens with one attached hydrogen (secondary N) is 1. The average Bonchev–Trinajstić information content (AvgIpc) is 2.58. The molecule has 1 amide bonds. The lowest BCUT2D eigenvalue weighted by Crippen LogP contribution is -2.55. The first-order valence-electron chi connectivity index (χ1n) is 6.38. The summed E-state index contributed by atoms with van der Waals surface area (Å²) < 4.78 is 24.9. The van der Waals surface area contributed by atoms with Crippen molar-refractivity contribution in [2.24, 2.45) is 0 Å². The van der Waals surface area contributed by atoms with Crippen molar-refractivity contribution in [2.75, 3.05) is 23.7 Å². The van der Waals surface area contributed by atoms with Gasteiger partial charge in [0.25, 0.3) is 0 Å². The summed E-state index contributed by atoms with van der Waals surface area (Å²) in [4.78, 5) is 12.6. The standard InChI is InChI=1S/C13H16N2O3S/c16-12-10-19(17,18)13(6-8-14-9-7-13)15(12)11-4-2-1-3-5-11/h1-5,14H,6-10H2. The molecule has 2 aliphatic heterocycles. The molecule has 0 saturated carbocycles. The van der Waals surface area contributed by atoms with Crippen LogP contribution in [0.15, 0.2) is 30.3 Å². The number of hydrogen-bond acceptors (Lipinski definition) is 4. The van der Waals surface area contributed by atoms with Crippen molar-refractivity contribution >= 4 is 21.4 Å². The second-order valence-electron chi connectivity index (χ2n) is 5.02. The number of hydrogen-bond donors (Lipinski definition) is 1. The molecule has 0 bridgehead atoms. The van der Waals surface area contributed by atoms with E-state index in [2.05, 4.69) is 5.32 Å². The average molecular weight is 280 g/mol. The maximum Gasteiger partial charge on any atom is 0.243 e. The van der Waals surface area contributed by atoms with Crippen LogP contribution in [0.2, 0.25) is 0 Å². The smallest absolute Gasteiger partial charge is 0.243 e. The molecule has 0 unspecified atom stereocenters. The molecule has 2 aliphatic rings. The van der Waals surface area contributed by atoms with Crippen LogP contribution in [0.5, 0.6) is 0 Å². The van der Waals surface area contributed by atoms with E-state index in [0.29, 0.717) is 31.6 Å². The van der Waals surface area contributed by atoms with Gasteiger partial charge in [-0.3, -0.25) is 9.69 Å². The quantitative estimate of drug-likeness (QED) is 0.815. The fraction of sp³-hybridized carbons (Fsp3) is 0.462. The van der Waals surface area contributed by atoms with Crippen molar-refractivity contribution in [2.45, 2.75) is 17.7 Å². The summed E-state index contributed by atoms with van der Waals surface area (Å²) in [7, 11) is -3.42. The molecule has 1 aromatic rings. The summed E-state index contributed by atoms with van der Waals surface area (Å²) >= 11 is 0. The number of piperidine rings is 1. The molecule has 0 aliphatic carbocycles. The van der Waals surface area contributed by atoms with Gasteiger partial charge in [-0.2, -0.15) is 0 Å². The molecular formula is C13H16N2O3S. The molecule has 0 radical (unpaired) electrons. The Hall–Kier alpha value is -1.40. The molecule has 5 nitrogen and oxygen atoms in total. The Bertz CT molecular complexity index is 592. The van der Waals surface area contributed by atoms with Crippen molar-refractivity contribution < 1.29 is 13.2 Å². The lowest BCUT2D eigenvalue weighted by molar-refractivity contribution is -0.116. The molecule has 6 heteroatoms. The Kier molecular flexibility index (Phi) is 2.87. The zero-order valence-corrected chi connectivity index (χ0v) is 11.3. The summed E-state index contributed by atoms with van der Waals surface area (Å²) in [5.41, 5.74) is 0.676. The third kappa shape index (κ3) is 1.78. The summed E-state index contributed by atoms with van der Waals surface area (Å²) in [6.07, 6.45) is 0.909. The van der Waals surface area contributed by atoms with Gasteiger partial charge in [-0.05, 0) is 38.1 Å². The maximum atomic E-state index is 12.4. The molecule has 19 heavy (non-hydrogen) atoms. The number of anilines is 1. The van der Waals surface area contributed by atoms with E-state index in [9.17, 15) is 13.2 Å². The topological polar surface area (TPSA) is 66.5 Å². The minimum Gasteiger partial charge on any atom is -0.316 e. The largest absolute Gasteiger partial charge is 0.316 e. The highest BCUT2D eigenvalue weighted by Gasteiger charge is 2.57. The second-order valence-corrected chi connectivity index (χ2v) is 7.30. The van der Waals surface area contributed by atoms with Crippen LogP contribution in [-0.4, -0.2) is 38.0 Å². The van der Waals surface area contributed by atoms with Gasteiger partial charge in [0.2, 0.25) is 5.91 Å². The van der Waals surface area contributed by atoms with Crippen LogP contribution in [0.25, 0.3) is 0 Å². The number of carbonyl (C=O) groups is 1. The Balaban J connectivity index is 2.13. The summed E-state index contributed by atoms with van der Waals surface area (Å²) in [5, 5.41) is 3.16. The van der Waals surface area contributed by atoms with Crippen molar-refractivity contribution in [1.29, 1.82) is 0 Å². The Morgan fingerprint density at radius 1 is 1.11 bits per heavy atom. The van der Waals surface area contributed by atoms with Crippen molar-refractivity contribution in [3.8, 4) is 0 Å². The first-order valence-corrected chi connectivity index (χ1v) is 8.03. The van der Waals surface area contributed by atoms with Crippen LogP contribution in [0.1, 0.15) is 12.8 Å². The van der Waals surface area contributed by atoms with Crippen LogP contribution < -0.4 is 10.2 Å². The highest BCUT2D eigenvalue weighted by molar-refractivity contribution is 7.94. The van der Waals surface area contributed by atoms with Gasteiger partial charge in [0.1, 0.15) is 5.75 Å². The van der Waals surface area contributed by atoms with Crippen LogP contribution in [0.4, 0.5) is 5.69 Å². The van der Waals surface area contributed by atoms with E-state index in [1.54, 1.807) is 12.1 Å². The van der Waals surface area contributed by atoms with Crippen molar-refractivity contribution in [3.05, 3.63) is 30.3 Å². The van der Waals surface area contributed by atoms with Gasteiger partial charge in [0, 0.05) is 5.69 Å². The SMILES string of the molecule is O=C1CS(=O)(=O)C2(CCNCC2)N1c1ccccc1. The number of sulfone groups is 1. The molecule has 1 spiro atoms. The van der Waals surface area contributed by atoms with E-state index in [1.807, 2.05) is 18.2 Å². The van der Waals surface area contributed by atoms with E-state index < -0.39 is 14.7 Å². The van der Waals surface area contributed by atoms with Gasteiger partial charge in [-0.1, -0.05) is 18.2 Å². The van der Waals surface area contributed by atoms with E-state index in [0.717, 1.165) is 0 Å². The van der Waals surface area contributed by atoms with Crippen molar-refractivity contribution in [1.82, 2.24) is 5.32 Å². The lowest BCUT2D eigenvalue weighted by atomic mass is 10.0. The molecule has 1 aromatic carbocycles. The zero-order valence-electron chi connectivity index (χ0n) is 10.5. The predicted molar refractivity (Wildman–Crippen MR) is 72.5 cm³/mol. The fourth-order valence-electron chi connectivity index (χ4n) is 3.04. The molecule has 3 rings (SSSR count). The monoisotopic (exact) mass is 280 g/mol. The second kappa shape index (κ2) is 4.31. The van der Waals surface area contributed by atoms with Crippen LogP contribution >= 0.6 is 0 Å². The molecule has 1 N–H and O–H groups in total. The summed E-state index contributed by atoms with van der Waals surface area (Å²) in [5.74, 6) is -0.685. The molecule has 2 heterocycles. The Morgan fingerprint density at radius 2 is 1.74 bits per heavy atom. The highest BCUT2D eigenvalue weighted by atomic mass is 32.2. The van der Waals surface area contributed by atoms with Gasteiger partial charge in [0.15, 0.2) is 14.7 Å². The molecular weight excluding hydrogens is 264 g/mol. The molecule has 2 saturated heterocycles. The van der Waals surface area contributed by atoms with Crippen LogP contribution in [0, 0.1) is 0 Å². The normalized spacial score (nSPS) is 24.8. The molecule has 2 fully saturated rings. The van der Waals surface area contributed by atoms with E-state index in [4.69, 9.17) is 0 Å². The number of rotatable bonds is 1. The van der Waals surface area contributed by atoms with Gasteiger partial charge >= 0.3 is 0 Å². The Morgan fingerprint density at radius 3 is 2.37 bits per heavy atom. The predicted octanol–water partition coefficient (Wildman–Crippen LogP) is 0.528. The van der Waals surface area contributed by atoms with Crippen molar-refractivity contribution in [3.63, 3.8) is 0 Å². The van der Waals surface area contributed by atoms with Gasteiger partial charge in [-0.15, -0.1) is 0 Å². The van der Waals surface area contributed by atoms with Crippen LogP contribution in [-0.2, 0) is 14.6 Å². The third-order valence-corrected chi connectivity index (χ3v) is 6.32. The third-order valence-electron chi connectivity index (χ3n) is 3.95. The first kappa shape index (κ1) is 12.6. The summed E-state index contributed by atoms with van der Waals surface area (Å²) in [6.45, 7) is 1.24. The molecule has 0 atom stereocenters. The van der Waals surface area contributed by atoms with Gasteiger partial charge in [-0.25, -0.2) is 8.42 Å². The number of benzene rings is 1. The van der Waals surface area contributed by atoms with E-state index in [-0.39, 0.29) is 11.7 Å². The minimum atomic E-state index is -3.42. The van der Waals surface area contributed by atoms with Gasteiger partial charge in [0.05, 0.1) is 0 Å². The fourth-order valence-corrected chi connectivity index (χ4v) is 5.07. The lowest BCUT2D eigenvalue weighted by Gasteiger charge is -2.39. The Labute approximate surface area is 112 Å². The number of carbonyl (C=O) groups excluding carboxylic acids is 1. The molecule has 0 aromatic heterocycles. The number of nitrogens with zero attached hydrogens (tertiary/aromatic N) is 1. The van der Waals surface area contributed by atoms with Crippen LogP contribution in [0.3, 0.4) is 0 Å².